The summed E-state index contributed by atoms with van der Waals surface area (Å²) in [4.78, 5) is 37.1. The van der Waals surface area contributed by atoms with Gasteiger partial charge in [-0.05, 0) is 27.5 Å². The van der Waals surface area contributed by atoms with E-state index in [4.69, 9.17) is 9.84 Å². The number of anilines is 1. The number of rotatable bonds is 7. The summed E-state index contributed by atoms with van der Waals surface area (Å²) in [6.45, 7) is 0.0347. The van der Waals surface area contributed by atoms with Crippen molar-refractivity contribution in [3.63, 3.8) is 0 Å². The second-order valence-corrected chi connectivity index (χ2v) is 7.21. The van der Waals surface area contributed by atoms with Crippen LogP contribution in [0.4, 0.5) is 10.7 Å². The second-order valence-electron chi connectivity index (χ2n) is 7.21. The number of alkyl carbamates (subject to hydrolysis) is 1. The SMILES string of the molecule is Cn1nnc(NC(=O)C(CC(=O)O)NC(=O)OCC2c3ccccc3-c3ccccc32)n1. The van der Waals surface area contributed by atoms with Crippen LogP contribution in [0.15, 0.2) is 48.5 Å². The number of hydrogen-bond acceptors (Lipinski definition) is 7. The zero-order valence-electron chi connectivity index (χ0n) is 17.1. The van der Waals surface area contributed by atoms with Crippen LogP contribution in [0, 0.1) is 0 Å². The van der Waals surface area contributed by atoms with Crippen LogP contribution in [0.3, 0.4) is 0 Å². The Hall–Kier alpha value is -4.28. The number of carbonyl (C=O) groups is 3. The molecule has 11 heteroatoms. The molecule has 3 N–H and O–H groups in total. The molecule has 0 saturated carbocycles. The molecule has 1 aliphatic rings. The van der Waals surface area contributed by atoms with Crippen LogP contribution in [0.25, 0.3) is 11.1 Å². The Kier molecular flexibility index (Phi) is 5.79. The summed E-state index contributed by atoms with van der Waals surface area (Å²) < 4.78 is 5.39. The largest absolute Gasteiger partial charge is 0.481 e. The summed E-state index contributed by atoms with van der Waals surface area (Å²) in [6, 6.07) is 14.4. The Balaban J connectivity index is 1.42. The van der Waals surface area contributed by atoms with Crippen LogP contribution in [-0.4, -0.2) is 55.9 Å². The van der Waals surface area contributed by atoms with Crippen molar-refractivity contribution < 1.29 is 24.2 Å². The minimum absolute atomic E-state index is 0.0347. The van der Waals surface area contributed by atoms with Gasteiger partial charge in [-0.1, -0.05) is 53.6 Å². The van der Waals surface area contributed by atoms with Gasteiger partial charge in [0.15, 0.2) is 0 Å². The molecule has 0 radical (unpaired) electrons. The highest BCUT2D eigenvalue weighted by Crippen LogP contribution is 2.44. The Bertz CT molecular complexity index is 1130. The summed E-state index contributed by atoms with van der Waals surface area (Å²) in [5.74, 6) is -2.34. The second kappa shape index (κ2) is 8.84. The molecule has 1 aliphatic carbocycles. The number of ether oxygens (including phenoxy) is 1. The number of tetrazole rings is 1. The molecule has 0 saturated heterocycles. The van der Waals surface area contributed by atoms with E-state index in [2.05, 4.69) is 26.0 Å². The zero-order chi connectivity index (χ0) is 22.7. The van der Waals surface area contributed by atoms with Crippen molar-refractivity contribution in [2.45, 2.75) is 18.4 Å². The van der Waals surface area contributed by atoms with E-state index in [1.54, 1.807) is 0 Å². The molecule has 0 spiro atoms. The number of nitrogens with one attached hydrogen (secondary N) is 2. The summed E-state index contributed by atoms with van der Waals surface area (Å²) in [6.07, 6.45) is -1.55. The van der Waals surface area contributed by atoms with Crippen molar-refractivity contribution in [2.75, 3.05) is 11.9 Å². The molecule has 11 nitrogen and oxygen atoms in total. The molecule has 0 aliphatic heterocycles. The van der Waals surface area contributed by atoms with E-state index in [0.29, 0.717) is 0 Å². The highest BCUT2D eigenvalue weighted by atomic mass is 16.5. The molecule has 1 atom stereocenters. The first kappa shape index (κ1) is 21.0. The molecular formula is C21H20N6O5. The highest BCUT2D eigenvalue weighted by molar-refractivity contribution is 5.97. The van der Waals surface area contributed by atoms with Crippen molar-refractivity contribution in [1.82, 2.24) is 25.5 Å². The first-order valence-electron chi connectivity index (χ1n) is 9.80. The molecule has 0 fully saturated rings. The van der Waals surface area contributed by atoms with Gasteiger partial charge < -0.3 is 15.2 Å². The molecule has 2 aromatic carbocycles. The molecule has 1 unspecified atom stereocenters. The minimum atomic E-state index is -1.38. The fourth-order valence-corrected chi connectivity index (χ4v) is 3.70. The topological polar surface area (TPSA) is 148 Å². The summed E-state index contributed by atoms with van der Waals surface area (Å²) in [5, 5.41) is 24.7. The van der Waals surface area contributed by atoms with E-state index >= 15 is 0 Å². The van der Waals surface area contributed by atoms with Gasteiger partial charge in [-0.25, -0.2) is 4.79 Å². The molecule has 32 heavy (non-hydrogen) atoms. The fraction of sp³-hybridized carbons (Fsp3) is 0.238. The smallest absolute Gasteiger partial charge is 0.407 e. The molecule has 3 aromatic rings. The molecule has 4 rings (SSSR count). The molecule has 164 valence electrons. The van der Waals surface area contributed by atoms with Gasteiger partial charge in [0.05, 0.1) is 13.5 Å². The molecule has 0 bridgehead atoms. The maximum absolute atomic E-state index is 12.4. The zero-order valence-corrected chi connectivity index (χ0v) is 17.1. The number of aromatic nitrogens is 4. The average Bonchev–Trinajstić information content (AvgIpc) is 3.32. The molecule has 2 amide bonds. The number of carbonyl (C=O) groups excluding carboxylic acids is 2. The van der Waals surface area contributed by atoms with Gasteiger partial charge in [-0.3, -0.25) is 14.9 Å². The fourth-order valence-electron chi connectivity index (χ4n) is 3.70. The van der Waals surface area contributed by atoms with Crippen LogP contribution in [0.2, 0.25) is 0 Å². The number of hydrogen-bond donors (Lipinski definition) is 3. The quantitative estimate of drug-likeness (QED) is 0.505. The number of benzene rings is 2. The van der Waals surface area contributed by atoms with E-state index in [1.807, 2.05) is 48.5 Å². The summed E-state index contributed by atoms with van der Waals surface area (Å²) >= 11 is 0. The lowest BCUT2D eigenvalue weighted by molar-refractivity contribution is -0.139. The molecule has 1 heterocycles. The van der Waals surface area contributed by atoms with Crippen LogP contribution >= 0.6 is 0 Å². The number of aliphatic carboxylic acids is 1. The van der Waals surface area contributed by atoms with Gasteiger partial charge in [0.25, 0.3) is 5.95 Å². The number of amides is 2. The van der Waals surface area contributed by atoms with Gasteiger partial charge in [-0.15, -0.1) is 5.10 Å². The number of aryl methyl sites for hydroxylation is 1. The van der Waals surface area contributed by atoms with Crippen LogP contribution in [-0.2, 0) is 21.4 Å². The monoisotopic (exact) mass is 436 g/mol. The Morgan fingerprint density at radius 3 is 2.28 bits per heavy atom. The maximum Gasteiger partial charge on any atom is 0.407 e. The lowest BCUT2D eigenvalue weighted by Gasteiger charge is -2.18. The third kappa shape index (κ3) is 4.41. The Morgan fingerprint density at radius 2 is 1.72 bits per heavy atom. The van der Waals surface area contributed by atoms with Crippen LogP contribution in [0.1, 0.15) is 23.5 Å². The number of carboxylic acids is 1. The third-order valence-corrected chi connectivity index (χ3v) is 5.07. The van der Waals surface area contributed by atoms with E-state index in [-0.39, 0.29) is 18.5 Å². The van der Waals surface area contributed by atoms with Crippen molar-refractivity contribution in [3.8, 4) is 11.1 Å². The van der Waals surface area contributed by atoms with Gasteiger partial charge >= 0.3 is 12.1 Å². The van der Waals surface area contributed by atoms with Gasteiger partial charge in [0, 0.05) is 5.92 Å². The summed E-state index contributed by atoms with van der Waals surface area (Å²) in [7, 11) is 1.51. The van der Waals surface area contributed by atoms with E-state index in [9.17, 15) is 14.4 Å². The number of fused-ring (bicyclic) bond motifs is 3. The normalized spacial score (nSPS) is 13.0. The Labute approximate surface area is 182 Å². The van der Waals surface area contributed by atoms with E-state index < -0.39 is 30.4 Å². The summed E-state index contributed by atoms with van der Waals surface area (Å²) in [5.41, 5.74) is 4.23. The Morgan fingerprint density at radius 1 is 1.09 bits per heavy atom. The predicted octanol–water partition coefficient (Wildman–Crippen LogP) is 1.53. The predicted molar refractivity (Wildman–Crippen MR) is 112 cm³/mol. The maximum atomic E-state index is 12.4. The van der Waals surface area contributed by atoms with Crippen LogP contribution < -0.4 is 10.6 Å². The lowest BCUT2D eigenvalue weighted by atomic mass is 9.98. The van der Waals surface area contributed by atoms with Gasteiger partial charge in [0.2, 0.25) is 5.91 Å². The van der Waals surface area contributed by atoms with E-state index in [1.165, 1.54) is 7.05 Å². The standard InChI is InChI=1S/C21H20N6O5/c1-27-25-20(24-26-27)23-19(30)17(10-18(28)29)22-21(31)32-11-16-14-8-4-2-6-12(14)13-7-3-5-9-15(13)16/h2-9,16-17H,10-11H2,1H3,(H,22,31)(H,28,29)(H,23,25,30). The minimum Gasteiger partial charge on any atom is -0.481 e. The third-order valence-electron chi connectivity index (χ3n) is 5.07. The highest BCUT2D eigenvalue weighted by Gasteiger charge is 2.30. The van der Waals surface area contributed by atoms with E-state index in [0.717, 1.165) is 27.1 Å². The van der Waals surface area contributed by atoms with Gasteiger partial charge in [0.1, 0.15) is 12.6 Å². The first-order chi connectivity index (χ1) is 15.4. The first-order valence-corrected chi connectivity index (χ1v) is 9.80. The molecule has 1 aromatic heterocycles. The number of carboxylic acid groups (broad SMARTS) is 1. The van der Waals surface area contributed by atoms with Crippen molar-refractivity contribution in [3.05, 3.63) is 59.7 Å². The van der Waals surface area contributed by atoms with Crippen LogP contribution in [0.5, 0.6) is 0 Å². The lowest BCUT2D eigenvalue weighted by Crippen LogP contribution is -2.45. The molecular weight excluding hydrogens is 416 g/mol. The number of nitrogens with zero attached hydrogens (tertiary/aromatic N) is 4. The van der Waals surface area contributed by atoms with Crippen molar-refractivity contribution in [2.24, 2.45) is 7.05 Å². The average molecular weight is 436 g/mol. The van der Waals surface area contributed by atoms with Crippen molar-refractivity contribution >= 4 is 23.9 Å². The van der Waals surface area contributed by atoms with Gasteiger partial charge in [-0.2, -0.15) is 4.80 Å². The van der Waals surface area contributed by atoms with Crippen molar-refractivity contribution in [1.29, 1.82) is 0 Å².